The molecule has 0 atom stereocenters. The van der Waals surface area contributed by atoms with E-state index in [1.54, 1.807) is 30.7 Å². The second-order valence-corrected chi connectivity index (χ2v) is 7.62. The number of hydrogen-bond donors (Lipinski definition) is 0. The number of rotatable bonds is 3. The van der Waals surface area contributed by atoms with Crippen molar-refractivity contribution in [2.45, 2.75) is 18.4 Å². The van der Waals surface area contributed by atoms with Crippen LogP contribution in [0, 0.1) is 18.3 Å². The second kappa shape index (κ2) is 5.52. The molecule has 0 aliphatic rings. The van der Waals surface area contributed by atoms with E-state index in [9.17, 15) is 8.42 Å². The number of aryl methyl sites for hydroxylation is 1. The second-order valence-electron chi connectivity index (χ2n) is 5.63. The van der Waals surface area contributed by atoms with Crippen LogP contribution in [-0.4, -0.2) is 24.2 Å². The van der Waals surface area contributed by atoms with Crippen LogP contribution in [0.2, 0.25) is 0 Å². The molecule has 2 heterocycles. The molecule has 0 aliphatic carbocycles. The quantitative estimate of drug-likeness (QED) is 0.742. The summed E-state index contributed by atoms with van der Waals surface area (Å²) in [6.07, 6.45) is 6.40. The molecule has 1 aromatic carbocycles. The monoisotopic (exact) mass is 325 g/mol. The molecule has 3 aromatic rings. The molecule has 23 heavy (non-hydrogen) atoms. The molecule has 5 nitrogen and oxygen atoms in total. The third-order valence-electron chi connectivity index (χ3n) is 3.59. The van der Waals surface area contributed by atoms with Gasteiger partial charge in [-0.3, -0.25) is 4.98 Å². The molecule has 0 N–H and O–H groups in total. The molecule has 3 rings (SSSR count). The zero-order chi connectivity index (χ0) is 16.6. The Labute approximate surface area is 134 Å². The van der Waals surface area contributed by atoms with E-state index in [1.165, 1.54) is 6.26 Å². The van der Waals surface area contributed by atoms with Gasteiger partial charge >= 0.3 is 0 Å². The van der Waals surface area contributed by atoms with Gasteiger partial charge in [-0.25, -0.2) is 8.42 Å². The first-order chi connectivity index (χ1) is 10.9. The summed E-state index contributed by atoms with van der Waals surface area (Å²) in [5.41, 5.74) is 2.89. The van der Waals surface area contributed by atoms with Gasteiger partial charge < -0.3 is 4.57 Å². The average molecular weight is 325 g/mol. The maximum absolute atomic E-state index is 12.1. The number of nitrogens with zero attached hydrogens (tertiary/aromatic N) is 3. The number of aromatic nitrogens is 2. The molecule has 0 bridgehead atoms. The van der Waals surface area contributed by atoms with E-state index in [1.807, 2.05) is 23.6 Å². The fraction of sp³-hybridized carbons (Fsp3) is 0.176. The zero-order valence-corrected chi connectivity index (χ0v) is 13.6. The van der Waals surface area contributed by atoms with Crippen molar-refractivity contribution in [1.29, 1.82) is 5.26 Å². The molecule has 0 unspecified atom stereocenters. The molecule has 6 heteroatoms. The van der Waals surface area contributed by atoms with Crippen molar-refractivity contribution in [2.75, 3.05) is 6.26 Å². The highest BCUT2D eigenvalue weighted by molar-refractivity contribution is 7.91. The predicted molar refractivity (Wildman–Crippen MR) is 87.8 cm³/mol. The summed E-state index contributed by atoms with van der Waals surface area (Å²) in [5.74, 6) is 0. The van der Waals surface area contributed by atoms with Crippen LogP contribution in [0.15, 0.2) is 47.8 Å². The first kappa shape index (κ1) is 15.3. The van der Waals surface area contributed by atoms with Crippen LogP contribution >= 0.6 is 0 Å². The zero-order valence-electron chi connectivity index (χ0n) is 12.8. The van der Waals surface area contributed by atoms with Crippen LogP contribution in [0.5, 0.6) is 0 Å². The van der Waals surface area contributed by atoms with Gasteiger partial charge in [0.1, 0.15) is 6.07 Å². The van der Waals surface area contributed by atoms with Gasteiger partial charge in [-0.2, -0.15) is 5.26 Å². The summed E-state index contributed by atoms with van der Waals surface area (Å²) in [7, 11) is -3.38. The Bertz CT molecular complexity index is 1040. The Morgan fingerprint density at radius 1 is 1.30 bits per heavy atom. The molecule has 0 aliphatic heterocycles. The van der Waals surface area contributed by atoms with Gasteiger partial charge in [-0.15, -0.1) is 0 Å². The maximum atomic E-state index is 12.1. The van der Waals surface area contributed by atoms with Crippen LogP contribution < -0.4 is 0 Å². The molecule has 0 spiro atoms. The van der Waals surface area contributed by atoms with Crippen molar-refractivity contribution in [2.24, 2.45) is 0 Å². The third-order valence-corrected chi connectivity index (χ3v) is 4.70. The highest BCUT2D eigenvalue weighted by Crippen LogP contribution is 2.25. The fourth-order valence-corrected chi connectivity index (χ4v) is 3.46. The highest BCUT2D eigenvalue weighted by Gasteiger charge is 2.15. The third kappa shape index (κ3) is 3.10. The van der Waals surface area contributed by atoms with Gasteiger partial charge in [0.2, 0.25) is 0 Å². The van der Waals surface area contributed by atoms with E-state index in [2.05, 4.69) is 11.1 Å². The SMILES string of the molecule is Cc1cnc2c(S(C)(=O)=O)cc(Cn3ccc(C#N)c3)cc2c1. The number of benzene rings is 1. The minimum absolute atomic E-state index is 0.234. The fourth-order valence-electron chi connectivity index (χ4n) is 2.58. The molecule has 0 saturated carbocycles. The predicted octanol–water partition coefficient (Wildman–Crippen LogP) is 2.67. The number of fused-ring (bicyclic) bond motifs is 1. The van der Waals surface area contributed by atoms with Crippen molar-refractivity contribution in [3.8, 4) is 6.07 Å². The minimum atomic E-state index is -3.38. The Balaban J connectivity index is 2.16. The van der Waals surface area contributed by atoms with E-state index in [-0.39, 0.29) is 4.90 Å². The number of pyridine rings is 1. The van der Waals surface area contributed by atoms with Gasteiger partial charge in [0.25, 0.3) is 0 Å². The lowest BCUT2D eigenvalue weighted by Gasteiger charge is -2.10. The molecule has 116 valence electrons. The maximum Gasteiger partial charge on any atom is 0.177 e. The lowest BCUT2D eigenvalue weighted by Crippen LogP contribution is -2.03. The van der Waals surface area contributed by atoms with Gasteiger partial charge in [-0.1, -0.05) is 0 Å². The smallest absolute Gasteiger partial charge is 0.177 e. The van der Waals surface area contributed by atoms with Crippen LogP contribution in [0.3, 0.4) is 0 Å². The van der Waals surface area contributed by atoms with Crippen molar-refractivity contribution in [3.05, 3.63) is 59.5 Å². The minimum Gasteiger partial charge on any atom is -0.349 e. The van der Waals surface area contributed by atoms with Crippen LogP contribution in [0.1, 0.15) is 16.7 Å². The largest absolute Gasteiger partial charge is 0.349 e. The van der Waals surface area contributed by atoms with Crippen LogP contribution in [0.4, 0.5) is 0 Å². The van der Waals surface area contributed by atoms with Gasteiger partial charge in [-0.05, 0) is 42.3 Å². The van der Waals surface area contributed by atoms with Gasteiger partial charge in [0, 0.05) is 36.8 Å². The van der Waals surface area contributed by atoms with Gasteiger partial charge in [0.05, 0.1) is 16.0 Å². The summed E-state index contributed by atoms with van der Waals surface area (Å²) in [6.45, 7) is 2.42. The van der Waals surface area contributed by atoms with E-state index in [0.29, 0.717) is 17.6 Å². The molecule has 0 saturated heterocycles. The first-order valence-corrected chi connectivity index (χ1v) is 8.91. The summed E-state index contributed by atoms with van der Waals surface area (Å²) >= 11 is 0. The summed E-state index contributed by atoms with van der Waals surface area (Å²) < 4.78 is 26.1. The Morgan fingerprint density at radius 3 is 2.74 bits per heavy atom. The van der Waals surface area contributed by atoms with E-state index in [0.717, 1.165) is 16.5 Å². The molecular formula is C17H15N3O2S. The normalized spacial score (nSPS) is 11.5. The number of nitriles is 1. The highest BCUT2D eigenvalue weighted by atomic mass is 32.2. The van der Waals surface area contributed by atoms with Crippen molar-refractivity contribution < 1.29 is 8.42 Å². The number of hydrogen-bond acceptors (Lipinski definition) is 4. The van der Waals surface area contributed by atoms with Crippen molar-refractivity contribution in [1.82, 2.24) is 9.55 Å². The van der Waals surface area contributed by atoms with E-state index in [4.69, 9.17) is 5.26 Å². The van der Waals surface area contributed by atoms with Crippen molar-refractivity contribution in [3.63, 3.8) is 0 Å². The van der Waals surface area contributed by atoms with Gasteiger partial charge in [0.15, 0.2) is 9.84 Å². The molecule has 2 aromatic heterocycles. The Kier molecular flexibility index (Phi) is 3.66. The van der Waals surface area contributed by atoms with Crippen molar-refractivity contribution >= 4 is 20.7 Å². The van der Waals surface area contributed by atoms with E-state index < -0.39 is 9.84 Å². The summed E-state index contributed by atoms with van der Waals surface area (Å²) in [4.78, 5) is 4.52. The Hall–Kier alpha value is -2.65. The first-order valence-electron chi connectivity index (χ1n) is 7.02. The van der Waals surface area contributed by atoms with Crippen LogP contribution in [-0.2, 0) is 16.4 Å². The number of sulfone groups is 1. The summed E-state index contributed by atoms with van der Waals surface area (Å²) in [6, 6.07) is 9.33. The molecule has 0 amide bonds. The standard InChI is InChI=1S/C17H15N3O2S/c1-12-5-15-6-14(11-20-4-3-13(8-18)10-20)7-16(23(2,21)22)17(15)19-9-12/h3-7,9-10H,11H2,1-2H3. The van der Waals surface area contributed by atoms with Crippen LogP contribution in [0.25, 0.3) is 10.9 Å². The lowest BCUT2D eigenvalue weighted by atomic mass is 10.1. The Morgan fingerprint density at radius 2 is 2.09 bits per heavy atom. The molecular weight excluding hydrogens is 310 g/mol. The van der Waals surface area contributed by atoms with E-state index >= 15 is 0 Å². The molecule has 0 radical (unpaired) electrons. The topological polar surface area (TPSA) is 75.8 Å². The average Bonchev–Trinajstić information content (AvgIpc) is 2.92. The lowest BCUT2D eigenvalue weighted by molar-refractivity contribution is 0.602. The molecule has 0 fully saturated rings. The summed E-state index contributed by atoms with van der Waals surface area (Å²) in [5, 5.41) is 9.69.